The van der Waals surface area contributed by atoms with Crippen LogP contribution in [0.3, 0.4) is 0 Å². The third kappa shape index (κ3) is 4.22. The van der Waals surface area contributed by atoms with Crippen molar-refractivity contribution in [2.24, 2.45) is 4.99 Å². The summed E-state index contributed by atoms with van der Waals surface area (Å²) in [5, 5.41) is 12.3. The maximum absolute atomic E-state index is 12.8. The number of benzene rings is 2. The number of amides is 3. The van der Waals surface area contributed by atoms with Gasteiger partial charge in [-0.2, -0.15) is 4.57 Å². The second-order valence-corrected chi connectivity index (χ2v) is 7.77. The molecule has 5 rings (SSSR count). The van der Waals surface area contributed by atoms with Gasteiger partial charge in [0.25, 0.3) is 6.33 Å². The summed E-state index contributed by atoms with van der Waals surface area (Å²) in [6.07, 6.45) is 7.71. The second kappa shape index (κ2) is 9.25. The molecule has 2 aromatic carbocycles. The van der Waals surface area contributed by atoms with E-state index in [1.165, 1.54) is 4.57 Å². The van der Waals surface area contributed by atoms with Crippen LogP contribution in [0.4, 0.5) is 9.59 Å². The van der Waals surface area contributed by atoms with Crippen molar-refractivity contribution in [1.29, 1.82) is 0 Å². The van der Waals surface area contributed by atoms with E-state index in [-0.39, 0.29) is 5.96 Å². The van der Waals surface area contributed by atoms with Crippen molar-refractivity contribution < 1.29 is 33.3 Å². The minimum atomic E-state index is -1.43. The highest BCUT2D eigenvalue weighted by Gasteiger charge is 2.43. The second-order valence-electron chi connectivity index (χ2n) is 7.77. The summed E-state index contributed by atoms with van der Waals surface area (Å²) in [5.41, 5.74) is 1.69. The van der Waals surface area contributed by atoms with Crippen molar-refractivity contribution in [3.05, 3.63) is 86.0 Å². The third-order valence-corrected chi connectivity index (χ3v) is 5.66. The van der Waals surface area contributed by atoms with Gasteiger partial charge in [-0.25, -0.2) is 24.0 Å². The number of aromatic nitrogens is 4. The van der Waals surface area contributed by atoms with E-state index in [2.05, 4.69) is 10.3 Å². The number of ether oxygens (including phenoxy) is 2. The van der Waals surface area contributed by atoms with Gasteiger partial charge in [0.15, 0.2) is 6.33 Å². The first-order valence-corrected chi connectivity index (χ1v) is 10.8. The smallest absolute Gasteiger partial charge is 0.422 e. The molecule has 0 saturated heterocycles. The first-order chi connectivity index (χ1) is 17.5. The molecule has 36 heavy (non-hydrogen) atoms. The van der Waals surface area contributed by atoms with Crippen LogP contribution >= 0.6 is 0 Å². The molecule has 0 aliphatic carbocycles. The molecule has 4 aromatic rings. The molecule has 3 heterocycles. The van der Waals surface area contributed by atoms with Crippen molar-refractivity contribution in [3.8, 4) is 22.9 Å². The summed E-state index contributed by atoms with van der Waals surface area (Å²) in [6.45, 7) is 0. The van der Waals surface area contributed by atoms with Gasteiger partial charge in [-0.05, 0) is 48.5 Å². The van der Waals surface area contributed by atoms with Crippen molar-refractivity contribution in [2.75, 3.05) is 14.2 Å². The standard InChI is InChI=1S/C24H21N7O5/c1-35-19-7-3-17(4-8-19)27-11-13-29(15-27)21-25-22(31(24(33)34)23(32)26-21)30-14-12-28(16-30)18-5-9-20(36-2)10-6-18/h3-16,22H,1-2H3/p+2. The Morgan fingerprint density at radius 1 is 0.917 bits per heavy atom. The highest BCUT2D eigenvalue weighted by atomic mass is 16.5. The average Bonchev–Trinajstić information content (AvgIpc) is 3.59. The fourth-order valence-electron chi connectivity index (χ4n) is 3.78. The largest absolute Gasteiger partial charge is 0.497 e. The van der Waals surface area contributed by atoms with Crippen molar-refractivity contribution in [3.63, 3.8) is 0 Å². The molecule has 1 unspecified atom stereocenters. The number of carboxylic acid groups (broad SMARTS) is 1. The molecular formula is C24H23N7O5+2. The number of urea groups is 1. The number of methoxy groups -OCH3 is 2. The molecule has 1 atom stereocenters. The van der Waals surface area contributed by atoms with Crippen LogP contribution in [0.15, 0.2) is 91.0 Å². The topological polar surface area (TPSA) is 118 Å². The summed E-state index contributed by atoms with van der Waals surface area (Å²) < 4.78 is 17.2. The number of hydrogen-bond donors (Lipinski definition) is 2. The third-order valence-electron chi connectivity index (χ3n) is 5.66. The van der Waals surface area contributed by atoms with E-state index in [1.807, 2.05) is 53.1 Å². The number of carbonyl (C=O) groups is 2. The van der Waals surface area contributed by atoms with Gasteiger partial charge in [0.1, 0.15) is 29.6 Å². The predicted octanol–water partition coefficient (Wildman–Crippen LogP) is 1.92. The lowest BCUT2D eigenvalue weighted by molar-refractivity contribution is -0.737. The predicted molar refractivity (Wildman–Crippen MR) is 125 cm³/mol. The first kappa shape index (κ1) is 22.7. The number of aliphatic imine (C=N–C) groups is 1. The zero-order valence-corrected chi connectivity index (χ0v) is 19.4. The lowest BCUT2D eigenvalue weighted by Gasteiger charge is -2.22. The molecule has 0 saturated carbocycles. The molecule has 1 aliphatic heterocycles. The summed E-state index contributed by atoms with van der Waals surface area (Å²) in [7, 11) is 3.19. The van der Waals surface area contributed by atoms with Crippen LogP contribution in [0.1, 0.15) is 6.29 Å². The molecule has 0 bridgehead atoms. The minimum absolute atomic E-state index is 0.180. The molecule has 1 aliphatic rings. The summed E-state index contributed by atoms with van der Waals surface area (Å²) in [4.78, 5) is 29.9. The van der Waals surface area contributed by atoms with Crippen molar-refractivity contribution >= 4 is 18.1 Å². The minimum Gasteiger partial charge on any atom is -0.497 e. The average molecular weight is 489 g/mol. The van der Waals surface area contributed by atoms with E-state index >= 15 is 0 Å². The Kier molecular flexibility index (Phi) is 5.82. The van der Waals surface area contributed by atoms with Crippen molar-refractivity contribution in [2.45, 2.75) is 6.29 Å². The number of nitrogens with zero attached hydrogens (tertiary/aromatic N) is 6. The maximum Gasteiger partial charge on any atom is 0.422 e. The first-order valence-electron chi connectivity index (χ1n) is 10.8. The number of imidazole rings is 2. The molecule has 2 aromatic heterocycles. The normalized spacial score (nSPS) is 15.3. The van der Waals surface area contributed by atoms with Gasteiger partial charge < -0.3 is 14.6 Å². The Morgan fingerprint density at radius 2 is 1.47 bits per heavy atom. The summed E-state index contributed by atoms with van der Waals surface area (Å²) in [5.74, 6) is 1.63. The summed E-state index contributed by atoms with van der Waals surface area (Å²) in [6, 6.07) is 14.0. The fraction of sp³-hybridized carbons (Fsp3) is 0.125. The Labute approximate surface area is 205 Å². The molecule has 0 spiro atoms. The highest BCUT2D eigenvalue weighted by molar-refractivity contribution is 6.00. The Balaban J connectivity index is 1.47. The van der Waals surface area contributed by atoms with Crippen LogP contribution in [0.25, 0.3) is 11.4 Å². The maximum atomic E-state index is 12.8. The summed E-state index contributed by atoms with van der Waals surface area (Å²) >= 11 is 0. The van der Waals surface area contributed by atoms with Crippen LogP contribution in [-0.2, 0) is 0 Å². The van der Waals surface area contributed by atoms with Gasteiger partial charge in [-0.3, -0.25) is 4.57 Å². The number of nitrogens with one attached hydrogen (secondary N) is 1. The van der Waals surface area contributed by atoms with Crippen LogP contribution in [0.5, 0.6) is 11.5 Å². The number of carbonyl (C=O) groups excluding carboxylic acids is 1. The highest BCUT2D eigenvalue weighted by Crippen LogP contribution is 2.17. The fourth-order valence-corrected chi connectivity index (χ4v) is 3.78. The van der Waals surface area contributed by atoms with Gasteiger partial charge >= 0.3 is 24.4 Å². The molecule has 0 fully saturated rings. The molecule has 12 heteroatoms. The van der Waals surface area contributed by atoms with Gasteiger partial charge in [0, 0.05) is 0 Å². The van der Waals surface area contributed by atoms with E-state index in [4.69, 9.17) is 9.47 Å². The van der Waals surface area contributed by atoms with Crippen LogP contribution in [0.2, 0.25) is 0 Å². The number of hydrogen-bond acceptors (Lipinski definition) is 5. The molecule has 182 valence electrons. The van der Waals surface area contributed by atoms with E-state index in [0.717, 1.165) is 17.1 Å². The number of imide groups is 1. The van der Waals surface area contributed by atoms with Gasteiger partial charge in [-0.15, -0.1) is 4.90 Å². The Hall–Kier alpha value is -5.13. The van der Waals surface area contributed by atoms with E-state index in [0.29, 0.717) is 10.6 Å². The monoisotopic (exact) mass is 489 g/mol. The lowest BCUT2D eigenvalue weighted by Crippen LogP contribution is -2.65. The van der Waals surface area contributed by atoms with E-state index < -0.39 is 18.4 Å². The molecule has 3 amide bonds. The van der Waals surface area contributed by atoms with Crippen LogP contribution in [-0.4, -0.2) is 51.4 Å². The quantitative estimate of drug-likeness (QED) is 0.416. The van der Waals surface area contributed by atoms with Gasteiger partial charge in [0.05, 0.1) is 32.3 Å². The van der Waals surface area contributed by atoms with Crippen LogP contribution < -0.4 is 23.9 Å². The van der Waals surface area contributed by atoms with Gasteiger partial charge in [0.2, 0.25) is 0 Å². The molecule has 12 nitrogen and oxygen atoms in total. The Morgan fingerprint density at radius 3 is 2.03 bits per heavy atom. The SMILES string of the molecule is COc1ccc(-n2cc[n+](C3=NC([n+]4ccn(-c5ccc(OC)cc5)c4)N(C(=O)O)C(=O)N3)c2)cc1. The molecule has 2 N–H and O–H groups in total. The van der Waals surface area contributed by atoms with E-state index in [9.17, 15) is 14.7 Å². The molecular weight excluding hydrogens is 466 g/mol. The zero-order chi connectivity index (χ0) is 25.2. The molecule has 0 radical (unpaired) electrons. The van der Waals surface area contributed by atoms with Crippen LogP contribution in [0, 0.1) is 0 Å². The van der Waals surface area contributed by atoms with E-state index in [1.54, 1.807) is 60.8 Å². The zero-order valence-electron chi connectivity index (χ0n) is 19.4. The lowest BCUT2D eigenvalue weighted by atomic mass is 10.3. The Bertz CT molecular complexity index is 1440. The van der Waals surface area contributed by atoms with Crippen molar-refractivity contribution in [1.82, 2.24) is 19.4 Å². The number of rotatable bonds is 5. The van der Waals surface area contributed by atoms with Gasteiger partial charge in [-0.1, -0.05) is 4.99 Å².